The molecular formula is C30H19O8PS2. The minimum absolute atomic E-state index is 0.218. The minimum Gasteiger partial charge on any atom is -0.456 e. The van der Waals surface area contributed by atoms with Crippen molar-refractivity contribution in [3.8, 4) is 0 Å². The van der Waals surface area contributed by atoms with E-state index in [2.05, 4.69) is 0 Å². The Morgan fingerprint density at radius 1 is 0.463 bits per heavy atom. The molecule has 0 bridgehead atoms. The van der Waals surface area contributed by atoms with Gasteiger partial charge < -0.3 is 8.83 Å². The Balaban J connectivity index is 1.46. The molecule has 0 aliphatic heterocycles. The van der Waals surface area contributed by atoms with Gasteiger partial charge in [-0.25, -0.2) is 0 Å². The van der Waals surface area contributed by atoms with E-state index in [0.29, 0.717) is 43.9 Å². The topological polar surface area (TPSA) is 135 Å². The quantitative estimate of drug-likeness (QED) is 0.188. The molecule has 0 aliphatic rings. The molecule has 41 heavy (non-hydrogen) atoms. The van der Waals surface area contributed by atoms with Crippen LogP contribution in [0.1, 0.15) is 0 Å². The molecule has 0 unspecified atom stereocenters. The summed E-state index contributed by atoms with van der Waals surface area (Å²) in [5.74, 6) is 0. The number of hydrogen-bond acceptors (Lipinski definition) is 6. The molecule has 0 saturated carbocycles. The lowest BCUT2D eigenvalue weighted by Crippen LogP contribution is -2.20. The van der Waals surface area contributed by atoms with E-state index in [1.165, 1.54) is 36.4 Å². The largest absolute Gasteiger partial charge is 0.456 e. The molecule has 0 spiro atoms. The maximum absolute atomic E-state index is 11.8. The summed E-state index contributed by atoms with van der Waals surface area (Å²) in [5, 5.41) is 5.52. The van der Waals surface area contributed by atoms with Gasteiger partial charge in [0.1, 0.15) is 22.3 Å². The van der Waals surface area contributed by atoms with Crippen molar-refractivity contribution >= 4 is 87.9 Å². The van der Waals surface area contributed by atoms with Crippen LogP contribution in [0.2, 0.25) is 0 Å². The zero-order valence-corrected chi connectivity index (χ0v) is 23.5. The van der Waals surface area contributed by atoms with Gasteiger partial charge in [-0.05, 0) is 84.5 Å². The Morgan fingerprint density at radius 2 is 0.854 bits per heavy atom. The highest BCUT2D eigenvalue weighted by Gasteiger charge is 2.21. The van der Waals surface area contributed by atoms with Crippen LogP contribution < -0.4 is 15.9 Å². The van der Waals surface area contributed by atoms with Crippen LogP contribution in [0.3, 0.4) is 0 Å². The molecule has 7 rings (SSSR count). The summed E-state index contributed by atoms with van der Waals surface area (Å²) < 4.78 is 78.3. The fourth-order valence-corrected chi connectivity index (χ4v) is 8.45. The lowest BCUT2D eigenvalue weighted by atomic mass is 10.1. The zero-order valence-electron chi connectivity index (χ0n) is 20.9. The molecule has 7 aromatic rings. The molecule has 204 valence electrons. The van der Waals surface area contributed by atoms with Gasteiger partial charge in [-0.3, -0.25) is 9.11 Å². The summed E-state index contributed by atoms with van der Waals surface area (Å²) in [6, 6.07) is 30.0. The maximum Gasteiger partial charge on any atom is 0.294 e. The Kier molecular flexibility index (Phi) is 5.83. The molecule has 0 aliphatic carbocycles. The fraction of sp³-hybridized carbons (Fsp3) is 0. The molecule has 11 heteroatoms. The number of hydrogen-bond donors (Lipinski definition) is 2. The molecule has 2 aromatic heterocycles. The monoisotopic (exact) mass is 602 g/mol. The second-order valence-electron chi connectivity index (χ2n) is 9.50. The van der Waals surface area contributed by atoms with Crippen molar-refractivity contribution in [3.63, 3.8) is 0 Å². The van der Waals surface area contributed by atoms with E-state index in [1.807, 2.05) is 66.7 Å². The molecule has 0 fully saturated rings. The first-order valence-corrected chi connectivity index (χ1v) is 16.5. The molecule has 8 nitrogen and oxygen atoms in total. The van der Waals surface area contributed by atoms with Crippen LogP contribution in [0, 0.1) is 0 Å². The van der Waals surface area contributed by atoms with Gasteiger partial charge in [0.2, 0.25) is 0 Å². The first-order chi connectivity index (χ1) is 19.6. The van der Waals surface area contributed by atoms with Crippen LogP contribution in [0.5, 0.6) is 0 Å². The Hall–Kier alpha value is -4.05. The third kappa shape index (κ3) is 4.50. The fourth-order valence-electron chi connectivity index (χ4n) is 5.11. The van der Waals surface area contributed by atoms with Crippen LogP contribution in [0.25, 0.3) is 43.9 Å². The van der Waals surface area contributed by atoms with Crippen molar-refractivity contribution in [1.29, 1.82) is 0 Å². The third-order valence-electron chi connectivity index (χ3n) is 6.98. The zero-order chi connectivity index (χ0) is 28.5. The summed E-state index contributed by atoms with van der Waals surface area (Å²) in [6.45, 7) is 0. The Labute approximate surface area is 235 Å². The van der Waals surface area contributed by atoms with Gasteiger partial charge in [0, 0.05) is 21.5 Å². The summed E-state index contributed by atoms with van der Waals surface area (Å²) in [5.41, 5.74) is 2.14. The average molecular weight is 603 g/mol. The van der Waals surface area contributed by atoms with E-state index in [-0.39, 0.29) is 9.79 Å². The highest BCUT2D eigenvalue weighted by atomic mass is 32.2. The van der Waals surface area contributed by atoms with Gasteiger partial charge in [-0.1, -0.05) is 42.5 Å². The lowest BCUT2D eigenvalue weighted by molar-refractivity contribution is 0.481. The highest BCUT2D eigenvalue weighted by molar-refractivity contribution is 7.86. The standard InChI is InChI=1S/C30H19O8PS2/c31-40(32,33)21-8-12-29-25(16-21)23-14-19(6-10-27(23)37-29)39(18-4-2-1-3-5-18)20-7-11-28-24(15-20)26-17-22(41(34,35)36)9-13-30(26)38-28/h1-17H,(H,31,32,33)(H,34,35,36). The second kappa shape index (κ2) is 9.24. The first kappa shape index (κ1) is 25.9. The van der Waals surface area contributed by atoms with Crippen molar-refractivity contribution in [2.24, 2.45) is 0 Å². The molecule has 0 atom stereocenters. The second-order valence-corrected chi connectivity index (χ2v) is 14.6. The van der Waals surface area contributed by atoms with Gasteiger partial charge in [0.05, 0.1) is 9.79 Å². The summed E-state index contributed by atoms with van der Waals surface area (Å²) in [4.78, 5) is -0.435. The average Bonchev–Trinajstić information content (AvgIpc) is 3.50. The molecule has 0 radical (unpaired) electrons. The molecule has 2 N–H and O–H groups in total. The van der Waals surface area contributed by atoms with Crippen molar-refractivity contribution in [2.75, 3.05) is 0 Å². The first-order valence-electron chi connectivity index (χ1n) is 12.3. The van der Waals surface area contributed by atoms with Gasteiger partial charge >= 0.3 is 0 Å². The van der Waals surface area contributed by atoms with Crippen molar-refractivity contribution in [2.45, 2.75) is 9.79 Å². The van der Waals surface area contributed by atoms with Gasteiger partial charge in [0.15, 0.2) is 0 Å². The normalized spacial score (nSPS) is 12.8. The minimum atomic E-state index is -4.40. The van der Waals surface area contributed by atoms with Crippen molar-refractivity contribution < 1.29 is 34.8 Å². The van der Waals surface area contributed by atoms with E-state index in [0.717, 1.165) is 15.9 Å². The van der Waals surface area contributed by atoms with E-state index in [4.69, 9.17) is 8.83 Å². The van der Waals surface area contributed by atoms with Crippen LogP contribution in [-0.4, -0.2) is 25.9 Å². The van der Waals surface area contributed by atoms with E-state index in [9.17, 15) is 25.9 Å². The summed E-state index contributed by atoms with van der Waals surface area (Å²) >= 11 is 0. The number of rotatable bonds is 5. The van der Waals surface area contributed by atoms with Crippen molar-refractivity contribution in [1.82, 2.24) is 0 Å². The van der Waals surface area contributed by atoms with Gasteiger partial charge in [-0.15, -0.1) is 0 Å². The van der Waals surface area contributed by atoms with Crippen LogP contribution in [-0.2, 0) is 20.2 Å². The van der Waals surface area contributed by atoms with E-state index >= 15 is 0 Å². The Bertz CT molecular complexity index is 2220. The smallest absolute Gasteiger partial charge is 0.294 e. The summed E-state index contributed by atoms with van der Waals surface area (Å²) in [6.07, 6.45) is 0. The number of benzene rings is 5. The predicted octanol–water partition coefficient (Wildman–Crippen LogP) is 5.74. The maximum atomic E-state index is 11.8. The van der Waals surface area contributed by atoms with E-state index < -0.39 is 28.2 Å². The molecule has 0 amide bonds. The molecule has 5 aromatic carbocycles. The van der Waals surface area contributed by atoms with Crippen LogP contribution in [0.15, 0.2) is 122 Å². The molecular weight excluding hydrogens is 583 g/mol. The van der Waals surface area contributed by atoms with Crippen LogP contribution in [0.4, 0.5) is 0 Å². The SMILES string of the molecule is O=S(=O)(O)c1ccc2oc3ccc(P(c4ccccc4)c4ccc5oc6ccc(S(=O)(=O)O)cc6c5c4)cc3c2c1. The van der Waals surface area contributed by atoms with E-state index in [1.54, 1.807) is 0 Å². The molecule has 2 heterocycles. The van der Waals surface area contributed by atoms with Crippen LogP contribution >= 0.6 is 7.92 Å². The van der Waals surface area contributed by atoms with Gasteiger partial charge in [-0.2, -0.15) is 16.8 Å². The molecule has 0 saturated heterocycles. The highest BCUT2D eigenvalue weighted by Crippen LogP contribution is 2.39. The summed E-state index contributed by atoms with van der Waals surface area (Å²) in [7, 11) is -9.94. The Morgan fingerprint density at radius 3 is 1.27 bits per heavy atom. The van der Waals surface area contributed by atoms with Gasteiger partial charge in [0.25, 0.3) is 20.2 Å². The third-order valence-corrected chi connectivity index (χ3v) is 11.1. The number of fused-ring (bicyclic) bond motifs is 6. The lowest BCUT2D eigenvalue weighted by Gasteiger charge is -2.19. The van der Waals surface area contributed by atoms with Crippen molar-refractivity contribution in [3.05, 3.63) is 103 Å². The predicted molar refractivity (Wildman–Crippen MR) is 159 cm³/mol. The number of furan rings is 2.